The van der Waals surface area contributed by atoms with Crippen LogP contribution < -0.4 is 9.88 Å². The van der Waals surface area contributed by atoms with Crippen LogP contribution in [0.5, 0.6) is 0 Å². The summed E-state index contributed by atoms with van der Waals surface area (Å²) in [5, 5.41) is 3.14. The van der Waals surface area contributed by atoms with Crippen LogP contribution in [0.4, 0.5) is 5.95 Å². The Labute approximate surface area is 94.6 Å². The van der Waals surface area contributed by atoms with Crippen molar-refractivity contribution in [2.45, 2.75) is 19.9 Å². The first-order valence-electron chi connectivity index (χ1n) is 4.76. The molecule has 0 atom stereocenters. The van der Waals surface area contributed by atoms with E-state index in [2.05, 4.69) is 15.0 Å². The number of nitrogens with one attached hydrogen (secondary N) is 1. The van der Waals surface area contributed by atoms with Crippen LogP contribution in [0.3, 0.4) is 0 Å². The third-order valence-electron chi connectivity index (χ3n) is 1.92. The van der Waals surface area contributed by atoms with Gasteiger partial charge in [-0.2, -0.15) is 0 Å². The van der Waals surface area contributed by atoms with Gasteiger partial charge in [0.25, 0.3) is 0 Å². The van der Waals surface area contributed by atoms with Crippen molar-refractivity contribution >= 4 is 11.9 Å². The van der Waals surface area contributed by atoms with Crippen LogP contribution in [-0.4, -0.2) is 29.6 Å². The van der Waals surface area contributed by atoms with Gasteiger partial charge in [0.05, 0.1) is 20.2 Å². The fourth-order valence-electron chi connectivity index (χ4n) is 1.19. The highest BCUT2D eigenvalue weighted by molar-refractivity contribution is 5.85. The molecule has 6 heteroatoms. The molecule has 0 saturated carbocycles. The molecule has 0 aliphatic carbocycles. The first-order chi connectivity index (χ1) is 7.06. The molecule has 0 fully saturated rings. The minimum atomic E-state index is -0.369. The number of hydrogen-bond donors (Lipinski definition) is 1. The van der Waals surface area contributed by atoms with Crippen molar-refractivity contribution in [2.24, 2.45) is 7.05 Å². The van der Waals surface area contributed by atoms with Gasteiger partial charge in [-0.05, 0) is 13.8 Å². The summed E-state index contributed by atoms with van der Waals surface area (Å²) in [6.45, 7) is 4.01. The van der Waals surface area contributed by atoms with Crippen molar-refractivity contribution in [3.63, 3.8) is 0 Å². The van der Waals surface area contributed by atoms with Crippen molar-refractivity contribution in [3.05, 3.63) is 18.0 Å². The van der Waals surface area contributed by atoms with Crippen LogP contribution in [0.15, 0.2) is 12.3 Å². The van der Waals surface area contributed by atoms with E-state index in [-0.39, 0.29) is 17.5 Å². The van der Waals surface area contributed by atoms with Gasteiger partial charge >= 0.3 is 11.9 Å². The number of carbonyl (C=O) groups is 1. The zero-order chi connectivity index (χ0) is 11.4. The van der Waals surface area contributed by atoms with Crippen LogP contribution in [-0.2, 0) is 11.8 Å². The fourth-order valence-corrected chi connectivity index (χ4v) is 1.19. The molecule has 0 amide bonds. The number of aromatic nitrogens is 2. The number of esters is 1. The summed E-state index contributed by atoms with van der Waals surface area (Å²) in [5.74, 6) is 0.277. The van der Waals surface area contributed by atoms with E-state index in [1.54, 1.807) is 23.9 Å². The van der Waals surface area contributed by atoms with Crippen molar-refractivity contribution in [1.29, 1.82) is 0 Å². The van der Waals surface area contributed by atoms with Crippen molar-refractivity contribution in [1.82, 2.24) is 4.98 Å². The molecule has 1 aromatic rings. The summed E-state index contributed by atoms with van der Waals surface area (Å²) in [7, 11) is 3.13. The lowest BCUT2D eigenvalue weighted by Gasteiger charge is -2.07. The molecule has 0 saturated heterocycles. The minimum absolute atomic E-state index is 0. The van der Waals surface area contributed by atoms with Gasteiger partial charge in [0, 0.05) is 6.07 Å². The average molecular weight is 227 g/mol. The van der Waals surface area contributed by atoms with E-state index in [4.69, 9.17) is 0 Å². The van der Waals surface area contributed by atoms with Gasteiger partial charge in [0.1, 0.15) is 6.20 Å². The van der Waals surface area contributed by atoms with Crippen LogP contribution >= 0.6 is 0 Å². The van der Waals surface area contributed by atoms with Gasteiger partial charge in [0.2, 0.25) is 0 Å². The quantitative estimate of drug-likeness (QED) is 0.594. The number of anilines is 1. The maximum Gasteiger partial charge on any atom is 0.392 e. The molecule has 16 heavy (non-hydrogen) atoms. The Kier molecular flexibility index (Phi) is 5.38. The third-order valence-corrected chi connectivity index (χ3v) is 1.92. The average Bonchev–Trinajstić information content (AvgIpc) is 2.19. The first kappa shape index (κ1) is 14.3. The van der Waals surface area contributed by atoms with E-state index < -0.39 is 0 Å². The molecule has 1 heterocycles. The van der Waals surface area contributed by atoms with E-state index in [0.717, 1.165) is 0 Å². The lowest BCUT2D eigenvalue weighted by molar-refractivity contribution is -0.662. The van der Waals surface area contributed by atoms with Gasteiger partial charge in [-0.15, -0.1) is 0 Å². The molecule has 0 bridgehead atoms. The van der Waals surface area contributed by atoms with Crippen LogP contribution in [0, 0.1) is 0 Å². The predicted octanol–water partition coefficient (Wildman–Crippen LogP) is 0.336. The van der Waals surface area contributed by atoms with E-state index in [1.807, 2.05) is 13.8 Å². The number of ether oxygens (including phenoxy) is 1. The predicted molar refractivity (Wildman–Crippen MR) is 57.4 cm³/mol. The molecule has 90 valence electrons. The molecule has 6 nitrogen and oxygen atoms in total. The van der Waals surface area contributed by atoms with Crippen molar-refractivity contribution in [2.75, 3.05) is 12.4 Å². The highest BCUT2D eigenvalue weighted by atomic mass is 16.5. The maximum absolute atomic E-state index is 11.4. The molecule has 2 N–H and O–H groups in total. The third kappa shape index (κ3) is 3.16. The Hall–Kier alpha value is -1.69. The number of nitrogens with zero attached hydrogens (tertiary/aromatic N) is 2. The van der Waals surface area contributed by atoms with Crippen LogP contribution in [0.25, 0.3) is 0 Å². The number of hydrogen-bond acceptors (Lipinski definition) is 5. The van der Waals surface area contributed by atoms with Gasteiger partial charge in [0.15, 0.2) is 5.69 Å². The minimum Gasteiger partial charge on any atom is -0.870 e. The van der Waals surface area contributed by atoms with E-state index in [1.165, 1.54) is 7.11 Å². The van der Waals surface area contributed by atoms with Crippen LogP contribution in [0.1, 0.15) is 24.3 Å². The van der Waals surface area contributed by atoms with Crippen molar-refractivity contribution in [3.8, 4) is 0 Å². The standard InChI is InChI=1S/C10H15N3O2.H2O/c1-7(2)12-10-11-6-5-8(13(10)3)9(14)15-4;/h5-7H,1-4H3;1H2. The number of rotatable bonds is 3. The molecule has 1 rings (SSSR count). The summed E-state index contributed by atoms with van der Waals surface area (Å²) >= 11 is 0. The molecule has 0 aliphatic heterocycles. The molecule has 0 aromatic carbocycles. The second-order valence-corrected chi connectivity index (χ2v) is 3.50. The fraction of sp³-hybridized carbons (Fsp3) is 0.500. The van der Waals surface area contributed by atoms with Crippen LogP contribution in [0.2, 0.25) is 0 Å². The van der Waals surface area contributed by atoms with E-state index in [9.17, 15) is 4.79 Å². The molecular formula is C10H17N3O3. The maximum atomic E-state index is 11.4. The Morgan fingerprint density at radius 2 is 2.19 bits per heavy atom. The van der Waals surface area contributed by atoms with Crippen molar-refractivity contribution < 1.29 is 19.6 Å². The van der Waals surface area contributed by atoms with E-state index in [0.29, 0.717) is 11.6 Å². The molecule has 0 aliphatic rings. The largest absolute Gasteiger partial charge is 0.870 e. The second kappa shape index (κ2) is 6.02. The lowest BCUT2D eigenvalue weighted by atomic mass is 10.4. The van der Waals surface area contributed by atoms with E-state index >= 15 is 0 Å². The summed E-state index contributed by atoms with van der Waals surface area (Å²) < 4.78 is 6.33. The zero-order valence-electron chi connectivity index (χ0n) is 9.89. The van der Waals surface area contributed by atoms with Gasteiger partial charge < -0.3 is 10.2 Å². The Balaban J connectivity index is 0.00000225. The SMILES string of the molecule is COC(=O)c1ccnc(NC(C)C)[n+]1C.[OH-]. The highest BCUT2D eigenvalue weighted by Crippen LogP contribution is 2.00. The van der Waals surface area contributed by atoms with Gasteiger partial charge in [-0.1, -0.05) is 4.98 Å². The highest BCUT2D eigenvalue weighted by Gasteiger charge is 2.18. The molecule has 0 radical (unpaired) electrons. The Morgan fingerprint density at radius 3 is 2.69 bits per heavy atom. The zero-order valence-corrected chi connectivity index (χ0v) is 9.89. The Morgan fingerprint density at radius 1 is 1.56 bits per heavy atom. The topological polar surface area (TPSA) is 85.1 Å². The molecular weight excluding hydrogens is 210 g/mol. The second-order valence-electron chi connectivity index (χ2n) is 3.50. The normalized spacial score (nSPS) is 9.56. The van der Waals surface area contributed by atoms with Gasteiger partial charge in [-0.3, -0.25) is 5.32 Å². The molecule has 0 spiro atoms. The molecule has 0 unspecified atom stereocenters. The summed E-state index contributed by atoms with van der Waals surface area (Å²) in [5.41, 5.74) is 0.468. The lowest BCUT2D eigenvalue weighted by Crippen LogP contribution is -2.41. The van der Waals surface area contributed by atoms with Gasteiger partial charge in [-0.25, -0.2) is 9.36 Å². The summed E-state index contributed by atoms with van der Waals surface area (Å²) in [6.07, 6.45) is 1.58. The smallest absolute Gasteiger partial charge is 0.392 e. The summed E-state index contributed by atoms with van der Waals surface area (Å²) in [4.78, 5) is 15.5. The number of carbonyl (C=O) groups excluding carboxylic acids is 1. The first-order valence-corrected chi connectivity index (χ1v) is 4.76. The monoisotopic (exact) mass is 227 g/mol. The summed E-state index contributed by atoms with van der Waals surface area (Å²) in [6, 6.07) is 1.88. The molecule has 1 aromatic heterocycles. The number of methoxy groups -OCH3 is 1. The Bertz CT molecular complexity index is 366.